The number of carbonyl (C=O) groups excluding carboxylic acids is 1. The fraction of sp³-hybridized carbons (Fsp3) is 0.818. The average molecular weight is 323 g/mol. The van der Waals surface area contributed by atoms with Gasteiger partial charge in [-0.2, -0.15) is 5.26 Å². The quantitative estimate of drug-likeness (QED) is 0.626. The average Bonchev–Trinajstić information content (AvgIpc) is 3.23. The molecule has 0 radical (unpaired) electrons. The molecule has 2 nitrogen and oxygen atoms in total. The molecule has 0 N–H and O–H groups in total. The number of nitrogens with zero attached hydrogens (tertiary/aromatic N) is 1. The van der Waals surface area contributed by atoms with Gasteiger partial charge in [-0.15, -0.1) is 0 Å². The summed E-state index contributed by atoms with van der Waals surface area (Å²) in [5.41, 5.74) is 2.44. The Morgan fingerprint density at radius 2 is 1.88 bits per heavy atom. The Balaban J connectivity index is 1.58. The van der Waals surface area contributed by atoms with Crippen LogP contribution in [0.2, 0.25) is 0 Å². The number of hydrogen-bond donors (Lipinski definition) is 0. The summed E-state index contributed by atoms with van der Waals surface area (Å²) >= 11 is 0. The first-order valence-electron chi connectivity index (χ1n) is 10.1. The highest BCUT2D eigenvalue weighted by atomic mass is 16.1. The van der Waals surface area contributed by atoms with Gasteiger partial charge in [0.2, 0.25) is 0 Å². The minimum atomic E-state index is 0.258. The van der Waals surface area contributed by atoms with Gasteiger partial charge < -0.3 is 0 Å². The summed E-state index contributed by atoms with van der Waals surface area (Å²) < 4.78 is 0. The highest BCUT2D eigenvalue weighted by Crippen LogP contribution is 2.74. The zero-order chi connectivity index (χ0) is 16.7. The van der Waals surface area contributed by atoms with E-state index in [9.17, 15) is 10.1 Å². The van der Waals surface area contributed by atoms with Crippen LogP contribution in [0.25, 0.3) is 0 Å². The van der Waals surface area contributed by atoms with Gasteiger partial charge in [-0.3, -0.25) is 4.79 Å². The topological polar surface area (TPSA) is 40.9 Å². The van der Waals surface area contributed by atoms with Gasteiger partial charge in [0.1, 0.15) is 0 Å². The Morgan fingerprint density at radius 1 is 1.08 bits per heavy atom. The molecule has 24 heavy (non-hydrogen) atoms. The van der Waals surface area contributed by atoms with E-state index in [1.165, 1.54) is 38.5 Å². The van der Waals surface area contributed by atoms with E-state index in [1.54, 1.807) is 5.57 Å². The van der Waals surface area contributed by atoms with Gasteiger partial charge in [0.25, 0.3) is 0 Å². The Labute approximate surface area is 145 Å². The Bertz CT molecular complexity index is 681. The lowest BCUT2D eigenvalue weighted by molar-refractivity contribution is -0.118. The third kappa shape index (κ3) is 1.69. The third-order valence-electron chi connectivity index (χ3n) is 9.27. The van der Waals surface area contributed by atoms with Crippen LogP contribution in [-0.2, 0) is 4.79 Å². The molecule has 0 bridgehead atoms. The Morgan fingerprint density at radius 3 is 2.58 bits per heavy atom. The summed E-state index contributed by atoms with van der Waals surface area (Å²) in [7, 11) is 0. The van der Waals surface area contributed by atoms with Crippen LogP contribution in [-0.4, -0.2) is 5.78 Å². The third-order valence-corrected chi connectivity index (χ3v) is 9.27. The molecule has 0 aromatic rings. The van der Waals surface area contributed by atoms with Crippen molar-refractivity contribution in [2.75, 3.05) is 0 Å². The van der Waals surface area contributed by atoms with Crippen molar-refractivity contribution < 1.29 is 4.79 Å². The molecule has 4 fully saturated rings. The predicted octanol–water partition coefficient (Wildman–Crippen LogP) is 5.05. The molecule has 0 saturated heterocycles. The molecule has 5 rings (SSSR count). The fourth-order valence-corrected chi connectivity index (χ4v) is 7.82. The lowest BCUT2D eigenvalue weighted by atomic mass is 9.44. The van der Waals surface area contributed by atoms with Crippen LogP contribution in [0.4, 0.5) is 0 Å². The van der Waals surface area contributed by atoms with E-state index in [2.05, 4.69) is 26.0 Å². The van der Waals surface area contributed by atoms with Crippen LogP contribution in [0.15, 0.2) is 11.6 Å². The molecule has 2 heteroatoms. The van der Waals surface area contributed by atoms with E-state index >= 15 is 0 Å². The molecule has 5 aliphatic rings. The number of ketones is 1. The van der Waals surface area contributed by atoms with Crippen molar-refractivity contribution >= 4 is 5.78 Å². The first kappa shape index (κ1) is 15.2. The minimum Gasteiger partial charge on any atom is -0.295 e. The first-order chi connectivity index (χ1) is 11.4. The molecular formula is C22H29NO. The first-order valence-corrected chi connectivity index (χ1v) is 10.1. The van der Waals surface area contributed by atoms with E-state index in [4.69, 9.17) is 0 Å². The molecule has 5 aliphatic carbocycles. The maximum Gasteiger partial charge on any atom is 0.155 e. The van der Waals surface area contributed by atoms with Crippen LogP contribution in [0, 0.1) is 51.2 Å². The van der Waals surface area contributed by atoms with Crippen molar-refractivity contribution in [2.24, 2.45) is 39.9 Å². The van der Waals surface area contributed by atoms with Crippen LogP contribution in [0.1, 0.15) is 71.6 Å². The molecular weight excluding hydrogens is 294 g/mol. The standard InChI is InChI=1S/C22H29NO/c1-20-8-6-18-16(17(20)4-3-14(20)13-23)12-22(9-10-22)19-11-15(24)5-7-21(18,19)2/h11,14,16-18H,3-10,12H2,1-2H3. The summed E-state index contributed by atoms with van der Waals surface area (Å²) in [6, 6.07) is 2.65. The van der Waals surface area contributed by atoms with Gasteiger partial charge in [0, 0.05) is 6.42 Å². The van der Waals surface area contributed by atoms with Gasteiger partial charge >= 0.3 is 0 Å². The molecule has 6 unspecified atom stereocenters. The van der Waals surface area contributed by atoms with Gasteiger partial charge in [-0.25, -0.2) is 0 Å². The van der Waals surface area contributed by atoms with Gasteiger partial charge in [-0.05, 0) is 91.4 Å². The monoisotopic (exact) mass is 323 g/mol. The maximum atomic E-state index is 12.1. The second-order valence-electron chi connectivity index (χ2n) is 10.1. The molecule has 0 aliphatic heterocycles. The number of allylic oxidation sites excluding steroid dienone is 1. The Hall–Kier alpha value is -1.10. The second-order valence-corrected chi connectivity index (χ2v) is 10.1. The van der Waals surface area contributed by atoms with E-state index in [1.807, 2.05) is 0 Å². The van der Waals surface area contributed by atoms with E-state index in [-0.39, 0.29) is 16.7 Å². The lowest BCUT2D eigenvalue weighted by Gasteiger charge is -2.60. The highest BCUT2D eigenvalue weighted by Gasteiger charge is 2.66. The molecule has 1 spiro atoms. The summed E-state index contributed by atoms with van der Waals surface area (Å²) in [4.78, 5) is 12.1. The summed E-state index contributed by atoms with van der Waals surface area (Å²) in [6.45, 7) is 4.91. The Kier molecular flexibility index (Phi) is 2.87. The van der Waals surface area contributed by atoms with Crippen molar-refractivity contribution in [3.8, 4) is 6.07 Å². The number of hydrogen-bond acceptors (Lipinski definition) is 2. The van der Waals surface area contributed by atoms with Gasteiger partial charge in [-0.1, -0.05) is 19.4 Å². The second kappa shape index (κ2) is 4.54. The zero-order valence-electron chi connectivity index (χ0n) is 15.1. The number of rotatable bonds is 0. The smallest absolute Gasteiger partial charge is 0.155 e. The van der Waals surface area contributed by atoms with E-state index < -0.39 is 0 Å². The lowest BCUT2D eigenvalue weighted by Crippen LogP contribution is -2.53. The predicted molar refractivity (Wildman–Crippen MR) is 92.9 cm³/mol. The van der Waals surface area contributed by atoms with E-state index in [0.29, 0.717) is 11.2 Å². The van der Waals surface area contributed by atoms with Gasteiger partial charge in [0.05, 0.1) is 12.0 Å². The van der Waals surface area contributed by atoms with Crippen molar-refractivity contribution in [3.05, 3.63) is 11.6 Å². The van der Waals surface area contributed by atoms with Crippen molar-refractivity contribution in [1.29, 1.82) is 5.26 Å². The van der Waals surface area contributed by atoms with Crippen LogP contribution in [0.5, 0.6) is 0 Å². The van der Waals surface area contributed by atoms with Crippen molar-refractivity contribution in [2.45, 2.75) is 71.6 Å². The summed E-state index contributed by atoms with van der Waals surface area (Å²) in [6.07, 6.45) is 12.7. The van der Waals surface area contributed by atoms with Crippen molar-refractivity contribution in [1.82, 2.24) is 0 Å². The molecule has 0 amide bonds. The molecule has 6 atom stereocenters. The van der Waals surface area contributed by atoms with E-state index in [0.717, 1.165) is 37.0 Å². The number of nitriles is 1. The minimum absolute atomic E-state index is 0.258. The van der Waals surface area contributed by atoms with Crippen LogP contribution >= 0.6 is 0 Å². The molecule has 128 valence electrons. The normalized spacial score (nSPS) is 51.2. The molecule has 4 saturated carbocycles. The number of fused-ring (bicyclic) bond motifs is 6. The zero-order valence-corrected chi connectivity index (χ0v) is 15.1. The molecule has 0 aromatic carbocycles. The van der Waals surface area contributed by atoms with Crippen LogP contribution < -0.4 is 0 Å². The number of carbonyl (C=O) groups is 1. The highest BCUT2D eigenvalue weighted by molar-refractivity contribution is 5.92. The fourth-order valence-electron chi connectivity index (χ4n) is 7.82. The SMILES string of the molecule is CC12CCC(=O)C=C1C1(CC1)CC1C2CCC2(C)C(C#N)CCC12. The van der Waals surface area contributed by atoms with Crippen LogP contribution in [0.3, 0.4) is 0 Å². The molecule has 0 aromatic heterocycles. The molecule has 0 heterocycles. The largest absolute Gasteiger partial charge is 0.295 e. The maximum absolute atomic E-state index is 12.1. The summed E-state index contributed by atoms with van der Waals surface area (Å²) in [5, 5.41) is 9.65. The van der Waals surface area contributed by atoms with Gasteiger partial charge in [0.15, 0.2) is 5.78 Å². The van der Waals surface area contributed by atoms with Crippen molar-refractivity contribution in [3.63, 3.8) is 0 Å². The summed E-state index contributed by atoms with van der Waals surface area (Å²) in [5.74, 6) is 2.93.